The van der Waals surface area contributed by atoms with Crippen molar-refractivity contribution in [2.24, 2.45) is 0 Å². The van der Waals surface area contributed by atoms with E-state index in [0.717, 1.165) is 17.6 Å². The molecule has 1 aromatic rings. The molecule has 1 heterocycles. The lowest BCUT2D eigenvalue weighted by molar-refractivity contribution is -0.138. The number of carboxylic acids is 1. The quantitative estimate of drug-likeness (QED) is 0.879. The van der Waals surface area contributed by atoms with Gasteiger partial charge >= 0.3 is 5.97 Å². The Bertz CT molecular complexity index is 588. The highest BCUT2D eigenvalue weighted by atomic mass is 32.2. The van der Waals surface area contributed by atoms with Gasteiger partial charge in [-0.05, 0) is 19.9 Å². The van der Waals surface area contributed by atoms with Gasteiger partial charge in [0, 0.05) is 17.7 Å². The van der Waals surface area contributed by atoms with Crippen LogP contribution in [0.15, 0.2) is 15.7 Å². The minimum atomic E-state index is -3.35. The summed E-state index contributed by atoms with van der Waals surface area (Å²) >= 11 is 0.950. The van der Waals surface area contributed by atoms with Gasteiger partial charge in [-0.15, -0.1) is 11.3 Å². The molecule has 0 aliphatic carbocycles. The number of nitrogens with zero attached hydrogens (tertiary/aromatic N) is 1. The fraction of sp³-hybridized carbons (Fsp3) is 0.455. The van der Waals surface area contributed by atoms with Crippen molar-refractivity contribution in [1.82, 2.24) is 4.90 Å². The normalized spacial score (nSPS) is 11.6. The Labute approximate surface area is 115 Å². The Balaban J connectivity index is 3.04. The highest BCUT2D eigenvalue weighted by molar-refractivity contribution is 7.92. The summed E-state index contributed by atoms with van der Waals surface area (Å²) < 4.78 is 22.8. The van der Waals surface area contributed by atoms with Crippen LogP contribution < -0.4 is 0 Å². The summed E-state index contributed by atoms with van der Waals surface area (Å²) in [4.78, 5) is 24.0. The van der Waals surface area contributed by atoms with Crippen molar-refractivity contribution >= 4 is 33.1 Å². The average molecular weight is 305 g/mol. The van der Waals surface area contributed by atoms with E-state index in [0.29, 0.717) is 0 Å². The first kappa shape index (κ1) is 15.6. The third-order valence-corrected chi connectivity index (χ3v) is 5.15. The third kappa shape index (κ3) is 4.03. The molecule has 0 radical (unpaired) electrons. The first-order chi connectivity index (χ1) is 8.62. The summed E-state index contributed by atoms with van der Waals surface area (Å²) in [5.41, 5.74) is 0.195. The molecule has 1 N–H and O–H groups in total. The van der Waals surface area contributed by atoms with Gasteiger partial charge in [-0.25, -0.2) is 8.42 Å². The van der Waals surface area contributed by atoms with Crippen LogP contribution in [0.25, 0.3) is 0 Å². The maximum Gasteiger partial charge on any atom is 0.323 e. The number of sulfone groups is 1. The van der Waals surface area contributed by atoms with Gasteiger partial charge in [-0.3, -0.25) is 9.59 Å². The largest absolute Gasteiger partial charge is 0.480 e. The van der Waals surface area contributed by atoms with E-state index in [9.17, 15) is 18.0 Å². The smallest absolute Gasteiger partial charge is 0.323 e. The molecule has 106 valence electrons. The maximum atomic E-state index is 12.1. The molecule has 0 bridgehead atoms. The molecule has 0 saturated carbocycles. The second-order valence-corrected chi connectivity index (χ2v) is 7.50. The number of carbonyl (C=O) groups excluding carboxylic acids is 1. The summed E-state index contributed by atoms with van der Waals surface area (Å²) in [5.74, 6) is -1.59. The Morgan fingerprint density at radius 3 is 2.37 bits per heavy atom. The van der Waals surface area contributed by atoms with Crippen LogP contribution >= 0.6 is 11.3 Å². The molecular formula is C11H15NO5S2. The first-order valence-electron chi connectivity index (χ1n) is 5.44. The molecule has 8 heteroatoms. The highest BCUT2D eigenvalue weighted by Crippen LogP contribution is 2.21. The van der Waals surface area contributed by atoms with E-state index >= 15 is 0 Å². The molecule has 0 fully saturated rings. The number of amides is 1. The number of rotatable bonds is 5. The number of hydrogen-bond donors (Lipinski definition) is 1. The van der Waals surface area contributed by atoms with Crippen LogP contribution in [0.4, 0.5) is 0 Å². The van der Waals surface area contributed by atoms with E-state index in [1.54, 1.807) is 13.8 Å². The molecule has 0 spiro atoms. The van der Waals surface area contributed by atoms with E-state index < -0.39 is 28.3 Å². The van der Waals surface area contributed by atoms with Crippen LogP contribution in [0.5, 0.6) is 0 Å². The van der Waals surface area contributed by atoms with Crippen molar-refractivity contribution in [3.05, 3.63) is 17.0 Å². The predicted molar refractivity (Wildman–Crippen MR) is 71.2 cm³/mol. The second kappa shape index (κ2) is 5.70. The topological polar surface area (TPSA) is 91.8 Å². The molecule has 0 saturated heterocycles. The molecule has 1 aromatic heterocycles. The summed E-state index contributed by atoms with van der Waals surface area (Å²) in [6, 6.07) is 0.990. The van der Waals surface area contributed by atoms with Crippen molar-refractivity contribution in [2.45, 2.75) is 24.1 Å². The fourth-order valence-corrected chi connectivity index (χ4v) is 3.22. The van der Waals surface area contributed by atoms with Gasteiger partial charge in [0.05, 0.1) is 5.56 Å². The van der Waals surface area contributed by atoms with E-state index in [2.05, 4.69) is 0 Å². The Morgan fingerprint density at radius 1 is 1.42 bits per heavy atom. The molecule has 0 aliphatic rings. The molecular weight excluding hydrogens is 290 g/mol. The molecule has 0 atom stereocenters. The Kier molecular flexibility index (Phi) is 4.70. The molecule has 1 amide bonds. The van der Waals surface area contributed by atoms with Crippen molar-refractivity contribution in [2.75, 3.05) is 12.8 Å². The number of hydrogen-bond acceptors (Lipinski definition) is 5. The molecule has 6 nitrogen and oxygen atoms in total. The average Bonchev–Trinajstić information content (AvgIpc) is 2.72. The molecule has 0 unspecified atom stereocenters. The van der Waals surface area contributed by atoms with Gasteiger partial charge in [-0.2, -0.15) is 0 Å². The van der Waals surface area contributed by atoms with E-state index in [1.165, 1.54) is 16.3 Å². The zero-order valence-corrected chi connectivity index (χ0v) is 12.4. The monoisotopic (exact) mass is 305 g/mol. The van der Waals surface area contributed by atoms with Crippen LogP contribution in [0.2, 0.25) is 0 Å². The van der Waals surface area contributed by atoms with Crippen LogP contribution in [-0.2, 0) is 14.6 Å². The third-order valence-electron chi connectivity index (χ3n) is 2.38. The predicted octanol–water partition coefficient (Wildman–Crippen LogP) is 1.09. The molecule has 0 aliphatic heterocycles. The van der Waals surface area contributed by atoms with Crippen molar-refractivity contribution in [1.29, 1.82) is 0 Å². The lowest BCUT2D eigenvalue weighted by atomic mass is 10.2. The summed E-state index contributed by atoms with van der Waals surface area (Å²) in [6.45, 7) is 2.98. The van der Waals surface area contributed by atoms with Gasteiger partial charge in [0.2, 0.25) is 0 Å². The van der Waals surface area contributed by atoms with Gasteiger partial charge in [0.25, 0.3) is 5.91 Å². The van der Waals surface area contributed by atoms with E-state index in [-0.39, 0.29) is 15.8 Å². The van der Waals surface area contributed by atoms with Crippen LogP contribution in [0, 0.1) is 0 Å². The minimum absolute atomic E-state index is 0.0925. The zero-order chi connectivity index (χ0) is 14.8. The molecule has 1 rings (SSSR count). The van der Waals surface area contributed by atoms with Crippen molar-refractivity contribution < 1.29 is 23.1 Å². The van der Waals surface area contributed by atoms with E-state index in [1.807, 2.05) is 0 Å². The number of aliphatic carboxylic acids is 1. The summed E-state index contributed by atoms with van der Waals surface area (Å²) in [6.07, 6.45) is 1.06. The van der Waals surface area contributed by atoms with Crippen LogP contribution in [-0.4, -0.2) is 49.1 Å². The second-order valence-electron chi connectivity index (χ2n) is 4.35. The number of carbonyl (C=O) groups is 2. The van der Waals surface area contributed by atoms with Gasteiger partial charge in [0.1, 0.15) is 10.8 Å². The van der Waals surface area contributed by atoms with Crippen molar-refractivity contribution in [3.8, 4) is 0 Å². The van der Waals surface area contributed by atoms with Crippen molar-refractivity contribution in [3.63, 3.8) is 0 Å². The van der Waals surface area contributed by atoms with Crippen LogP contribution in [0.1, 0.15) is 24.2 Å². The number of carboxylic acid groups (broad SMARTS) is 1. The lowest BCUT2D eigenvalue weighted by Gasteiger charge is -2.24. The molecule has 0 aromatic carbocycles. The summed E-state index contributed by atoms with van der Waals surface area (Å²) in [5, 5.41) is 10.2. The van der Waals surface area contributed by atoms with Gasteiger partial charge in [0.15, 0.2) is 9.84 Å². The summed E-state index contributed by atoms with van der Waals surface area (Å²) in [7, 11) is -3.35. The fourth-order valence-electron chi connectivity index (χ4n) is 1.42. The van der Waals surface area contributed by atoms with Crippen LogP contribution in [0.3, 0.4) is 0 Å². The zero-order valence-electron chi connectivity index (χ0n) is 10.8. The number of thiophene rings is 1. The SMILES string of the molecule is CC(C)N(CC(=O)O)C(=O)c1csc(S(C)(=O)=O)c1. The Hall–Kier alpha value is -1.41. The maximum absolute atomic E-state index is 12.1. The first-order valence-corrected chi connectivity index (χ1v) is 8.21. The van der Waals surface area contributed by atoms with Gasteiger partial charge < -0.3 is 10.0 Å². The van der Waals surface area contributed by atoms with Gasteiger partial charge in [-0.1, -0.05) is 0 Å². The molecule has 19 heavy (non-hydrogen) atoms. The van der Waals surface area contributed by atoms with E-state index in [4.69, 9.17) is 5.11 Å². The highest BCUT2D eigenvalue weighted by Gasteiger charge is 2.23. The lowest BCUT2D eigenvalue weighted by Crippen LogP contribution is -2.40. The minimum Gasteiger partial charge on any atom is -0.480 e. The Morgan fingerprint density at radius 2 is 2.00 bits per heavy atom. The standard InChI is InChI=1S/C11H15NO5S2/c1-7(2)12(5-9(13)14)11(15)8-4-10(18-6-8)19(3,16)17/h4,6-7H,5H2,1-3H3,(H,13,14).